The van der Waals surface area contributed by atoms with Gasteiger partial charge in [-0.3, -0.25) is 19.0 Å². The highest BCUT2D eigenvalue weighted by Crippen LogP contribution is 2.41. The van der Waals surface area contributed by atoms with E-state index in [2.05, 4.69) is 19.1 Å². The predicted molar refractivity (Wildman–Crippen MR) is 208 cm³/mol. The number of nitrogens with zero attached hydrogens (tertiary/aromatic N) is 4. The molecular formula is C39H50ClN5O9S. The van der Waals surface area contributed by atoms with Gasteiger partial charge in [0.1, 0.15) is 27.3 Å². The summed E-state index contributed by atoms with van der Waals surface area (Å²) in [5.41, 5.74) is 3.01. The average Bonchev–Trinajstić information content (AvgIpc) is 3.52. The number of hydrogen-bond acceptors (Lipinski definition) is 11. The molecule has 7 atom stereocenters. The number of aliphatic hydroxyl groups excluding tert-OH is 3. The van der Waals surface area contributed by atoms with Crippen LogP contribution in [0.25, 0.3) is 0 Å². The lowest BCUT2D eigenvalue weighted by Crippen LogP contribution is -2.43. The number of amides is 2. The second kappa shape index (κ2) is 17.9. The number of aliphatic hydroxyl groups is 3. The molecule has 0 spiro atoms. The average molecular weight is 800 g/mol. The normalized spacial score (nSPS) is 27.1. The molecule has 1 aromatic heterocycles. The van der Waals surface area contributed by atoms with E-state index < -0.39 is 52.6 Å². The second-order valence-corrected chi connectivity index (χ2v) is 17.1. The highest BCUT2D eigenvalue weighted by molar-refractivity contribution is 7.92. The smallest absolute Gasteiger partial charge is 0.286 e. The Morgan fingerprint density at radius 3 is 2.73 bits per heavy atom. The topological polar surface area (TPSA) is 185 Å². The summed E-state index contributed by atoms with van der Waals surface area (Å²) in [5, 5.41) is 35.9. The van der Waals surface area contributed by atoms with Crippen molar-refractivity contribution in [2.24, 2.45) is 29.2 Å². The van der Waals surface area contributed by atoms with Crippen molar-refractivity contribution >= 4 is 39.0 Å². The number of hydrogen-bond donors (Lipinski definition) is 4. The number of methoxy groups -OCH3 is 1. The minimum atomic E-state index is -3.90. The summed E-state index contributed by atoms with van der Waals surface area (Å²) in [5.74, 6) is -2.07. The Hall–Kier alpha value is -3.99. The number of carbonyl (C=O) groups excluding carboxylic acids is 2. The Balaban J connectivity index is 1.47. The van der Waals surface area contributed by atoms with E-state index in [1.807, 2.05) is 18.2 Å². The summed E-state index contributed by atoms with van der Waals surface area (Å²) in [6, 6.07) is 10.9. The Morgan fingerprint density at radius 1 is 1.16 bits per heavy atom. The first-order valence-electron chi connectivity index (χ1n) is 18.6. The van der Waals surface area contributed by atoms with Crippen LogP contribution >= 0.6 is 11.6 Å². The highest BCUT2D eigenvalue weighted by atomic mass is 35.5. The number of carbonyl (C=O) groups is 2. The number of aromatic nitrogens is 2. The molecule has 2 bridgehead atoms. The lowest BCUT2D eigenvalue weighted by Gasteiger charge is -2.43. The third-order valence-corrected chi connectivity index (χ3v) is 12.7. The number of nitrogens with one attached hydrogen (secondary N) is 1. The van der Waals surface area contributed by atoms with E-state index in [0.29, 0.717) is 36.2 Å². The molecule has 16 heteroatoms. The zero-order chi connectivity index (χ0) is 39.3. The number of halogens is 1. The van der Waals surface area contributed by atoms with Crippen LogP contribution in [0.4, 0.5) is 5.69 Å². The molecule has 55 heavy (non-hydrogen) atoms. The predicted octanol–water partition coefficient (Wildman–Crippen LogP) is 4.09. The van der Waals surface area contributed by atoms with Gasteiger partial charge < -0.3 is 34.4 Å². The summed E-state index contributed by atoms with van der Waals surface area (Å²) >= 11 is 6.45. The third-order valence-electron chi connectivity index (χ3n) is 10.5. The van der Waals surface area contributed by atoms with Crippen LogP contribution in [0.15, 0.2) is 59.1 Å². The van der Waals surface area contributed by atoms with Crippen molar-refractivity contribution < 1.29 is 43.3 Å². The minimum absolute atomic E-state index is 0.00544. The standard InChI is InChI=1S/C39H50ClN5O9S/c1-24-23-55(51,43-38(50)32-20-44(2)41-39(32)52-3)42-37(49)26-9-13-36-33(17-26)45(18-27-7-10-29(40)16-25(27)6-4-5-15-53-36)19-28-8-11-31(28)34(48)12-14-35(24)54-22-30(47)21-46/h7,9-10,12-14,16-17,20,24,28,30-31,34-35,46-48H,4-6,8,11,15,18-19,21-23H2,1-3H3,(H,42,43,49,50,51)/b14-12+/t24-,28+,30?,31-,34+,35+,55?/m1/s1. The van der Waals surface area contributed by atoms with Gasteiger partial charge in [-0.1, -0.05) is 36.7 Å². The number of anilines is 1. The van der Waals surface area contributed by atoms with Crippen LogP contribution in [0.3, 0.4) is 0 Å². The maximum Gasteiger partial charge on any atom is 0.286 e. The van der Waals surface area contributed by atoms with E-state index in [-0.39, 0.29) is 41.2 Å². The molecule has 4 N–H and O–H groups in total. The minimum Gasteiger partial charge on any atom is -0.491 e. The molecule has 2 aliphatic heterocycles. The number of ether oxygens (including phenoxy) is 3. The molecule has 3 aliphatic rings. The Kier molecular flexibility index (Phi) is 13.2. The second-order valence-electron chi connectivity index (χ2n) is 14.6. The van der Waals surface area contributed by atoms with E-state index in [1.165, 1.54) is 18.0 Å². The molecule has 1 saturated carbocycles. The fraction of sp³-hybridized carbons (Fsp3) is 0.513. The molecular weight excluding hydrogens is 750 g/mol. The molecule has 1 aliphatic carbocycles. The zero-order valence-corrected chi connectivity index (χ0v) is 32.9. The maximum absolute atomic E-state index is 14.9. The SMILES string of the molecule is COc1nn(C)cc1C(=O)NS1(=O)=NC(=O)c2ccc3c(c2)N(Cc2ccc(Cl)cc2CCCCO3)C[C@@H]2CC[C@H]2[C@@H](O)/C=C/[C@H](OCC(O)CO)[C@H](C)C1. The molecule has 3 aromatic rings. The largest absolute Gasteiger partial charge is 0.491 e. The maximum atomic E-state index is 14.9. The van der Waals surface area contributed by atoms with Crippen LogP contribution in [-0.2, 0) is 34.7 Å². The summed E-state index contributed by atoms with van der Waals surface area (Å²) in [4.78, 5) is 30.0. The van der Waals surface area contributed by atoms with E-state index in [0.717, 1.165) is 43.2 Å². The lowest BCUT2D eigenvalue weighted by molar-refractivity contribution is -0.0266. The van der Waals surface area contributed by atoms with Gasteiger partial charge in [0.2, 0.25) is 5.88 Å². The van der Waals surface area contributed by atoms with Gasteiger partial charge in [0, 0.05) is 42.8 Å². The van der Waals surface area contributed by atoms with Crippen LogP contribution in [0.1, 0.15) is 64.4 Å². The van der Waals surface area contributed by atoms with E-state index >= 15 is 0 Å². The fourth-order valence-corrected chi connectivity index (χ4v) is 9.45. The van der Waals surface area contributed by atoms with Gasteiger partial charge in [-0.25, -0.2) is 4.21 Å². The number of rotatable bonds is 7. The molecule has 3 heterocycles. The fourth-order valence-electron chi connectivity index (χ4n) is 7.37. The van der Waals surface area contributed by atoms with E-state index in [4.69, 9.17) is 25.8 Å². The van der Waals surface area contributed by atoms with Crippen LogP contribution in [0, 0.1) is 17.8 Å². The van der Waals surface area contributed by atoms with Crippen LogP contribution in [-0.4, -0.2) is 98.7 Å². The molecule has 0 radical (unpaired) electrons. The molecule has 14 nitrogen and oxygen atoms in total. The summed E-state index contributed by atoms with van der Waals surface area (Å²) < 4.78 is 40.5. The van der Waals surface area contributed by atoms with Crippen molar-refractivity contribution in [1.82, 2.24) is 14.5 Å². The Morgan fingerprint density at radius 2 is 1.98 bits per heavy atom. The van der Waals surface area contributed by atoms with Gasteiger partial charge >= 0.3 is 0 Å². The van der Waals surface area contributed by atoms with Crippen molar-refractivity contribution in [1.29, 1.82) is 0 Å². The van der Waals surface area contributed by atoms with Gasteiger partial charge in [0.05, 0.1) is 50.6 Å². The molecule has 2 unspecified atom stereocenters. The Bertz CT molecular complexity index is 2010. The van der Waals surface area contributed by atoms with Crippen molar-refractivity contribution in [3.05, 3.63) is 82.0 Å². The third kappa shape index (κ3) is 9.88. The monoisotopic (exact) mass is 799 g/mol. The van der Waals surface area contributed by atoms with Gasteiger partial charge in [-0.2, -0.15) is 0 Å². The van der Waals surface area contributed by atoms with Crippen molar-refractivity contribution in [3.8, 4) is 11.6 Å². The molecule has 1 fully saturated rings. The van der Waals surface area contributed by atoms with Crippen LogP contribution in [0.5, 0.6) is 11.6 Å². The lowest BCUT2D eigenvalue weighted by atomic mass is 9.70. The molecule has 298 valence electrons. The quantitative estimate of drug-likeness (QED) is 0.253. The highest BCUT2D eigenvalue weighted by Gasteiger charge is 2.38. The Labute approximate surface area is 326 Å². The number of benzene rings is 2. The van der Waals surface area contributed by atoms with E-state index in [9.17, 15) is 29.1 Å². The first-order chi connectivity index (χ1) is 26.4. The van der Waals surface area contributed by atoms with Crippen molar-refractivity contribution in [2.75, 3.05) is 44.1 Å². The van der Waals surface area contributed by atoms with Gasteiger partial charge in [0.15, 0.2) is 0 Å². The van der Waals surface area contributed by atoms with Crippen LogP contribution < -0.4 is 19.1 Å². The molecule has 2 aromatic carbocycles. The molecule has 2 amide bonds. The van der Waals surface area contributed by atoms with Crippen molar-refractivity contribution in [3.63, 3.8) is 0 Å². The van der Waals surface area contributed by atoms with Gasteiger partial charge in [-0.05, 0) is 85.4 Å². The first-order valence-corrected chi connectivity index (χ1v) is 20.7. The summed E-state index contributed by atoms with van der Waals surface area (Å²) in [7, 11) is -0.945. The first kappa shape index (κ1) is 40.7. The van der Waals surface area contributed by atoms with E-state index in [1.54, 1.807) is 44.3 Å². The summed E-state index contributed by atoms with van der Waals surface area (Å²) in [6.07, 6.45) is 6.01. The number of fused-ring (bicyclic) bond motifs is 3. The zero-order valence-electron chi connectivity index (χ0n) is 31.3. The summed E-state index contributed by atoms with van der Waals surface area (Å²) in [6.45, 7) is 2.39. The van der Waals surface area contributed by atoms with Crippen LogP contribution in [0.2, 0.25) is 5.02 Å². The van der Waals surface area contributed by atoms with Gasteiger partial charge in [-0.15, -0.1) is 9.46 Å². The number of aryl methyl sites for hydroxylation is 2. The van der Waals surface area contributed by atoms with Crippen molar-refractivity contribution in [2.45, 2.75) is 63.9 Å². The molecule has 6 rings (SSSR count). The van der Waals surface area contributed by atoms with Gasteiger partial charge in [0.25, 0.3) is 11.8 Å². The molecule has 0 saturated heterocycles.